The smallest absolute Gasteiger partial charge is 0.164 e. The minimum absolute atomic E-state index is 0.105. The molecule has 0 bridgehead atoms. The van der Waals surface area contributed by atoms with E-state index in [-0.39, 0.29) is 11.6 Å². The van der Waals surface area contributed by atoms with Gasteiger partial charge in [-0.05, 0) is 49.6 Å². The number of rotatable bonds is 4. The quantitative estimate of drug-likeness (QED) is 0.764. The summed E-state index contributed by atoms with van der Waals surface area (Å²) in [5, 5.41) is 0. The molecule has 1 heterocycles. The molecule has 1 saturated heterocycles. The van der Waals surface area contributed by atoms with E-state index in [1.54, 1.807) is 12.1 Å². The highest BCUT2D eigenvalue weighted by Gasteiger charge is 2.17. The van der Waals surface area contributed by atoms with Crippen LogP contribution in [-0.4, -0.2) is 30.3 Å². The Morgan fingerprint density at radius 2 is 2.11 bits per heavy atom. The summed E-state index contributed by atoms with van der Waals surface area (Å²) in [5.74, 6) is 0.546. The zero-order valence-corrected chi connectivity index (χ0v) is 10.9. The summed E-state index contributed by atoms with van der Waals surface area (Å²) in [5.41, 5.74) is 0.612. The molecule has 1 aromatic rings. The Hall–Kier alpha value is -1.22. The number of benzene rings is 1. The maximum Gasteiger partial charge on any atom is 0.164 e. The zero-order valence-electron chi connectivity index (χ0n) is 10.9. The second-order valence-electron chi connectivity index (χ2n) is 5.23. The van der Waals surface area contributed by atoms with Gasteiger partial charge in [-0.3, -0.25) is 4.79 Å². The molecular weight excluding hydrogens is 229 g/mol. The van der Waals surface area contributed by atoms with Crippen LogP contribution in [0.15, 0.2) is 24.3 Å². The fourth-order valence-corrected chi connectivity index (χ4v) is 2.53. The van der Waals surface area contributed by atoms with Gasteiger partial charge >= 0.3 is 0 Å². The fourth-order valence-electron chi connectivity index (χ4n) is 2.53. The normalized spacial score (nSPS) is 20.9. The lowest BCUT2D eigenvalue weighted by Gasteiger charge is -2.30. The van der Waals surface area contributed by atoms with Gasteiger partial charge in [0, 0.05) is 25.1 Å². The van der Waals surface area contributed by atoms with Crippen molar-refractivity contribution < 1.29 is 9.18 Å². The van der Waals surface area contributed by atoms with E-state index in [0.29, 0.717) is 12.0 Å². The van der Waals surface area contributed by atoms with Gasteiger partial charge in [0.15, 0.2) is 5.78 Å². The molecule has 0 saturated carbocycles. The molecule has 0 N–H and O–H groups in total. The van der Waals surface area contributed by atoms with E-state index in [9.17, 15) is 9.18 Å². The topological polar surface area (TPSA) is 20.3 Å². The Morgan fingerprint density at radius 1 is 1.39 bits per heavy atom. The lowest BCUT2D eigenvalue weighted by molar-refractivity contribution is 0.0949. The average Bonchev–Trinajstić information content (AvgIpc) is 2.37. The number of Topliss-reactive ketones (excluding diaryl/α,β-unsaturated/α-hetero) is 1. The summed E-state index contributed by atoms with van der Waals surface area (Å²) >= 11 is 0. The van der Waals surface area contributed by atoms with E-state index in [1.165, 1.54) is 25.0 Å². The van der Waals surface area contributed by atoms with Gasteiger partial charge in [0.25, 0.3) is 0 Å². The molecule has 0 unspecified atom stereocenters. The highest BCUT2D eigenvalue weighted by Crippen LogP contribution is 2.16. The van der Waals surface area contributed by atoms with E-state index in [4.69, 9.17) is 0 Å². The second-order valence-corrected chi connectivity index (χ2v) is 5.23. The number of ketones is 1. The van der Waals surface area contributed by atoms with Crippen LogP contribution in [0.5, 0.6) is 0 Å². The van der Waals surface area contributed by atoms with Gasteiger partial charge in [0.2, 0.25) is 0 Å². The van der Waals surface area contributed by atoms with Crippen molar-refractivity contribution in [3.05, 3.63) is 35.6 Å². The van der Waals surface area contributed by atoms with Crippen molar-refractivity contribution in [2.45, 2.75) is 26.2 Å². The van der Waals surface area contributed by atoms with Crippen LogP contribution in [0, 0.1) is 11.7 Å². The van der Waals surface area contributed by atoms with Gasteiger partial charge < -0.3 is 4.90 Å². The van der Waals surface area contributed by atoms with E-state index >= 15 is 0 Å². The first-order valence-corrected chi connectivity index (χ1v) is 6.66. The molecule has 1 fully saturated rings. The Balaban J connectivity index is 1.82. The number of carbonyl (C=O) groups excluding carboxylic acids is 1. The summed E-state index contributed by atoms with van der Waals surface area (Å²) in [7, 11) is 0. The molecule has 0 spiro atoms. The summed E-state index contributed by atoms with van der Waals surface area (Å²) in [6.07, 6.45) is 3.05. The molecule has 0 amide bonds. The molecular formula is C15H20FNO. The van der Waals surface area contributed by atoms with Crippen LogP contribution in [0.4, 0.5) is 4.39 Å². The molecule has 1 atom stereocenters. The lowest BCUT2D eigenvalue weighted by atomic mass is 9.99. The lowest BCUT2D eigenvalue weighted by Crippen LogP contribution is -2.35. The summed E-state index contributed by atoms with van der Waals surface area (Å²) in [4.78, 5) is 14.3. The van der Waals surface area contributed by atoms with Crippen molar-refractivity contribution in [2.75, 3.05) is 19.6 Å². The third-order valence-corrected chi connectivity index (χ3v) is 3.56. The van der Waals surface area contributed by atoms with Crippen LogP contribution >= 0.6 is 0 Å². The van der Waals surface area contributed by atoms with Crippen molar-refractivity contribution in [1.29, 1.82) is 0 Å². The second kappa shape index (κ2) is 6.10. The van der Waals surface area contributed by atoms with Crippen LogP contribution in [0.2, 0.25) is 0 Å². The standard InChI is InChI=1S/C15H20FNO/c1-12-3-2-9-17(11-12)10-8-15(18)13-4-6-14(16)7-5-13/h4-7,12H,2-3,8-11H2,1H3/t12-/m0/s1. The number of hydrogen-bond acceptors (Lipinski definition) is 2. The van der Waals surface area contributed by atoms with E-state index < -0.39 is 0 Å². The van der Waals surface area contributed by atoms with Gasteiger partial charge in [-0.25, -0.2) is 4.39 Å². The average molecular weight is 249 g/mol. The molecule has 0 aliphatic carbocycles. The highest BCUT2D eigenvalue weighted by molar-refractivity contribution is 5.96. The molecule has 2 rings (SSSR count). The van der Waals surface area contributed by atoms with Crippen molar-refractivity contribution in [3.63, 3.8) is 0 Å². The summed E-state index contributed by atoms with van der Waals surface area (Å²) in [6.45, 7) is 5.27. The van der Waals surface area contributed by atoms with Gasteiger partial charge in [-0.15, -0.1) is 0 Å². The molecule has 18 heavy (non-hydrogen) atoms. The van der Waals surface area contributed by atoms with Gasteiger partial charge in [-0.2, -0.15) is 0 Å². The number of hydrogen-bond donors (Lipinski definition) is 0. The van der Waals surface area contributed by atoms with Crippen LogP contribution in [0.25, 0.3) is 0 Å². The van der Waals surface area contributed by atoms with Crippen molar-refractivity contribution >= 4 is 5.78 Å². The molecule has 3 heteroatoms. The van der Waals surface area contributed by atoms with Gasteiger partial charge in [0.05, 0.1) is 0 Å². The van der Waals surface area contributed by atoms with Gasteiger partial charge in [0.1, 0.15) is 5.82 Å². The number of carbonyl (C=O) groups is 1. The monoisotopic (exact) mass is 249 g/mol. The molecule has 1 aliphatic heterocycles. The minimum Gasteiger partial charge on any atom is -0.303 e. The third-order valence-electron chi connectivity index (χ3n) is 3.56. The predicted octanol–water partition coefficient (Wildman–Crippen LogP) is 3.13. The largest absolute Gasteiger partial charge is 0.303 e. The van der Waals surface area contributed by atoms with E-state index in [1.807, 2.05) is 0 Å². The van der Waals surface area contributed by atoms with E-state index in [0.717, 1.165) is 25.6 Å². The van der Waals surface area contributed by atoms with Crippen LogP contribution in [0.3, 0.4) is 0 Å². The van der Waals surface area contributed by atoms with Crippen molar-refractivity contribution in [1.82, 2.24) is 4.90 Å². The number of piperidine rings is 1. The Kier molecular flexibility index (Phi) is 4.48. The van der Waals surface area contributed by atoms with Crippen molar-refractivity contribution in [3.8, 4) is 0 Å². The van der Waals surface area contributed by atoms with E-state index in [2.05, 4.69) is 11.8 Å². The molecule has 2 nitrogen and oxygen atoms in total. The van der Waals surface area contributed by atoms with Gasteiger partial charge in [-0.1, -0.05) is 6.92 Å². The molecule has 0 aromatic heterocycles. The maximum absolute atomic E-state index is 12.8. The molecule has 98 valence electrons. The van der Waals surface area contributed by atoms with Crippen LogP contribution in [-0.2, 0) is 0 Å². The first-order chi connectivity index (χ1) is 8.65. The molecule has 1 aromatic carbocycles. The Bertz CT molecular complexity index is 401. The first kappa shape index (κ1) is 13.2. The Labute approximate surface area is 108 Å². The Morgan fingerprint density at radius 3 is 2.78 bits per heavy atom. The third kappa shape index (κ3) is 3.64. The number of halogens is 1. The molecule has 0 radical (unpaired) electrons. The van der Waals surface area contributed by atoms with Crippen LogP contribution < -0.4 is 0 Å². The number of likely N-dealkylation sites (tertiary alicyclic amines) is 1. The number of nitrogens with zero attached hydrogens (tertiary/aromatic N) is 1. The predicted molar refractivity (Wildman–Crippen MR) is 70.2 cm³/mol. The maximum atomic E-state index is 12.8. The van der Waals surface area contributed by atoms with Crippen molar-refractivity contribution in [2.24, 2.45) is 5.92 Å². The first-order valence-electron chi connectivity index (χ1n) is 6.66. The SMILES string of the molecule is C[C@H]1CCCN(CCC(=O)c2ccc(F)cc2)C1. The highest BCUT2D eigenvalue weighted by atomic mass is 19.1. The summed E-state index contributed by atoms with van der Waals surface area (Å²) in [6, 6.07) is 5.82. The fraction of sp³-hybridized carbons (Fsp3) is 0.533. The zero-order chi connectivity index (χ0) is 13.0. The minimum atomic E-state index is -0.295. The molecule has 1 aliphatic rings. The summed E-state index contributed by atoms with van der Waals surface area (Å²) < 4.78 is 12.8. The van der Waals surface area contributed by atoms with Crippen LogP contribution in [0.1, 0.15) is 36.5 Å².